The van der Waals surface area contributed by atoms with Crippen LogP contribution in [0.1, 0.15) is 0 Å². The number of benzene rings is 10. The first-order valence-corrected chi connectivity index (χ1v) is 18.0. The van der Waals surface area contributed by atoms with Crippen molar-refractivity contribution in [3.8, 4) is 55.6 Å². The van der Waals surface area contributed by atoms with Crippen molar-refractivity contribution in [2.45, 2.75) is 0 Å². The molecule has 0 aliphatic rings. The molecule has 10 rings (SSSR count). The van der Waals surface area contributed by atoms with Crippen molar-refractivity contribution in [3.63, 3.8) is 0 Å². The summed E-state index contributed by atoms with van der Waals surface area (Å²) in [4.78, 5) is 0. The molecule has 0 aliphatic heterocycles. The van der Waals surface area contributed by atoms with Gasteiger partial charge in [-0.05, 0) is 129 Å². The summed E-state index contributed by atoms with van der Waals surface area (Å²) >= 11 is 0. The Kier molecular flexibility index (Phi) is 7.25. The van der Waals surface area contributed by atoms with Gasteiger partial charge in [-0.15, -0.1) is 0 Å². The Hall–Kier alpha value is -6.76. The van der Waals surface area contributed by atoms with Gasteiger partial charge in [0.15, 0.2) is 0 Å². The molecular formula is C52H34. The van der Waals surface area contributed by atoms with Gasteiger partial charge in [-0.1, -0.05) is 176 Å². The lowest BCUT2D eigenvalue weighted by Crippen LogP contribution is -1.92. The molecule has 0 saturated heterocycles. The second-order valence-electron chi connectivity index (χ2n) is 13.7. The van der Waals surface area contributed by atoms with Gasteiger partial charge >= 0.3 is 0 Å². The van der Waals surface area contributed by atoms with Gasteiger partial charge in [-0.25, -0.2) is 0 Å². The monoisotopic (exact) mass is 658 g/mol. The fourth-order valence-electron chi connectivity index (χ4n) is 8.06. The van der Waals surface area contributed by atoms with Gasteiger partial charge in [0.2, 0.25) is 0 Å². The molecule has 52 heavy (non-hydrogen) atoms. The van der Waals surface area contributed by atoms with E-state index in [2.05, 4.69) is 206 Å². The van der Waals surface area contributed by atoms with Crippen molar-refractivity contribution < 1.29 is 0 Å². The Morgan fingerprint density at radius 1 is 0.173 bits per heavy atom. The van der Waals surface area contributed by atoms with E-state index in [0.29, 0.717) is 0 Å². The van der Waals surface area contributed by atoms with Gasteiger partial charge in [-0.3, -0.25) is 0 Å². The van der Waals surface area contributed by atoms with Crippen LogP contribution >= 0.6 is 0 Å². The second kappa shape index (κ2) is 12.5. The molecule has 0 radical (unpaired) electrons. The minimum Gasteiger partial charge on any atom is -0.0622 e. The molecule has 0 unspecified atom stereocenters. The average molecular weight is 659 g/mol. The van der Waals surface area contributed by atoms with E-state index in [-0.39, 0.29) is 0 Å². The third-order valence-electron chi connectivity index (χ3n) is 10.6. The van der Waals surface area contributed by atoms with Gasteiger partial charge in [0, 0.05) is 0 Å². The molecule has 0 amide bonds. The highest BCUT2D eigenvalue weighted by atomic mass is 14.2. The molecule has 0 spiro atoms. The molecule has 0 heteroatoms. The van der Waals surface area contributed by atoms with Crippen LogP contribution < -0.4 is 0 Å². The molecule has 0 bridgehead atoms. The van der Waals surface area contributed by atoms with Crippen molar-refractivity contribution in [1.29, 1.82) is 0 Å². The van der Waals surface area contributed by atoms with Gasteiger partial charge in [0.25, 0.3) is 0 Å². The van der Waals surface area contributed by atoms with Crippen LogP contribution in [0.3, 0.4) is 0 Å². The smallest absolute Gasteiger partial charge is 0.00259 e. The van der Waals surface area contributed by atoms with Crippen LogP contribution in [0, 0.1) is 0 Å². The number of hydrogen-bond acceptors (Lipinski definition) is 0. The quantitative estimate of drug-likeness (QED) is 0.161. The molecule has 0 atom stereocenters. The summed E-state index contributed by atoms with van der Waals surface area (Å²) in [5.74, 6) is 0. The maximum Gasteiger partial charge on any atom is -0.00259 e. The lowest BCUT2D eigenvalue weighted by molar-refractivity contribution is 1.61. The van der Waals surface area contributed by atoms with Crippen molar-refractivity contribution in [2.24, 2.45) is 0 Å². The highest BCUT2D eigenvalue weighted by molar-refractivity contribution is 6.22. The third-order valence-corrected chi connectivity index (χ3v) is 10.6. The predicted molar refractivity (Wildman–Crippen MR) is 224 cm³/mol. The molecule has 0 aliphatic carbocycles. The largest absolute Gasteiger partial charge is 0.0622 e. The highest BCUT2D eigenvalue weighted by Crippen LogP contribution is 2.46. The molecule has 10 aromatic carbocycles. The maximum atomic E-state index is 2.41. The lowest BCUT2D eigenvalue weighted by atomic mass is 9.84. The van der Waals surface area contributed by atoms with E-state index in [4.69, 9.17) is 0 Å². The van der Waals surface area contributed by atoms with Crippen LogP contribution in [0.5, 0.6) is 0 Å². The molecule has 0 heterocycles. The Morgan fingerprint density at radius 3 is 1.13 bits per heavy atom. The van der Waals surface area contributed by atoms with E-state index in [1.807, 2.05) is 0 Å². The van der Waals surface area contributed by atoms with Crippen LogP contribution in [-0.4, -0.2) is 0 Å². The van der Waals surface area contributed by atoms with Gasteiger partial charge in [-0.2, -0.15) is 0 Å². The van der Waals surface area contributed by atoms with Crippen LogP contribution in [0.2, 0.25) is 0 Å². The summed E-state index contributed by atoms with van der Waals surface area (Å²) in [7, 11) is 0. The van der Waals surface area contributed by atoms with E-state index in [1.54, 1.807) is 0 Å². The molecule has 0 aromatic heterocycles. The molecule has 10 aromatic rings. The first kappa shape index (κ1) is 30.1. The van der Waals surface area contributed by atoms with E-state index in [9.17, 15) is 0 Å². The van der Waals surface area contributed by atoms with E-state index in [1.165, 1.54) is 98.7 Å². The first-order chi connectivity index (χ1) is 25.8. The topological polar surface area (TPSA) is 0 Å². The Morgan fingerprint density at radius 2 is 0.558 bits per heavy atom. The van der Waals surface area contributed by atoms with Crippen molar-refractivity contribution >= 4 is 43.1 Å². The minimum atomic E-state index is 1.21. The van der Waals surface area contributed by atoms with Crippen LogP contribution in [0.15, 0.2) is 206 Å². The predicted octanol–water partition coefficient (Wildman–Crippen LogP) is 14.6. The fourth-order valence-corrected chi connectivity index (χ4v) is 8.06. The molecule has 0 fully saturated rings. The second-order valence-corrected chi connectivity index (χ2v) is 13.7. The zero-order chi connectivity index (χ0) is 34.4. The van der Waals surface area contributed by atoms with Gasteiger partial charge in [0.05, 0.1) is 0 Å². The Labute approximate surface area is 303 Å². The SMILES string of the molecule is c1ccc(-c2ccc3c(-c4cccc(-c5ccc6ccccc6c5)c4)c4ccccc4c(-c4cccc(-c5ccc6ccccc6c5)c4)c3c2)cc1. The highest BCUT2D eigenvalue weighted by Gasteiger charge is 2.18. The van der Waals surface area contributed by atoms with E-state index in [0.717, 1.165) is 0 Å². The number of fused-ring (bicyclic) bond motifs is 4. The molecule has 0 saturated carbocycles. The zero-order valence-electron chi connectivity index (χ0n) is 28.6. The van der Waals surface area contributed by atoms with Gasteiger partial charge in [0.1, 0.15) is 0 Å². The number of rotatable bonds is 5. The molecule has 242 valence electrons. The zero-order valence-corrected chi connectivity index (χ0v) is 28.6. The normalized spacial score (nSPS) is 11.5. The third kappa shape index (κ3) is 5.25. The van der Waals surface area contributed by atoms with Crippen molar-refractivity contribution in [3.05, 3.63) is 206 Å². The van der Waals surface area contributed by atoms with E-state index < -0.39 is 0 Å². The number of hydrogen-bond donors (Lipinski definition) is 0. The molecular weight excluding hydrogens is 625 g/mol. The van der Waals surface area contributed by atoms with E-state index >= 15 is 0 Å². The average Bonchev–Trinajstić information content (AvgIpc) is 3.22. The first-order valence-electron chi connectivity index (χ1n) is 18.0. The fraction of sp³-hybridized carbons (Fsp3) is 0. The minimum absolute atomic E-state index is 1.21. The lowest BCUT2D eigenvalue weighted by Gasteiger charge is -2.19. The summed E-state index contributed by atoms with van der Waals surface area (Å²) in [6.45, 7) is 0. The summed E-state index contributed by atoms with van der Waals surface area (Å²) in [6, 6.07) is 75.7. The Balaban J connectivity index is 1.22. The molecule has 0 nitrogen and oxygen atoms in total. The maximum absolute atomic E-state index is 2.41. The summed E-state index contributed by atoms with van der Waals surface area (Å²) in [6.07, 6.45) is 0. The summed E-state index contributed by atoms with van der Waals surface area (Å²) < 4.78 is 0. The Bertz CT molecular complexity index is 2950. The van der Waals surface area contributed by atoms with Crippen molar-refractivity contribution in [2.75, 3.05) is 0 Å². The summed E-state index contributed by atoms with van der Waals surface area (Å²) in [5.41, 5.74) is 12.3. The summed E-state index contributed by atoms with van der Waals surface area (Å²) in [5, 5.41) is 10.0. The van der Waals surface area contributed by atoms with Gasteiger partial charge < -0.3 is 0 Å². The van der Waals surface area contributed by atoms with Crippen LogP contribution in [0.25, 0.3) is 98.7 Å². The molecule has 0 N–H and O–H groups in total. The van der Waals surface area contributed by atoms with Crippen LogP contribution in [0.4, 0.5) is 0 Å². The standard InChI is InChI=1S/C52H34/c1-2-12-35(13-3-1)44-28-29-49-50(34-44)52(46-21-11-19-41(33-46)43-27-25-37-15-5-7-17-39(37)31-43)48-23-9-8-22-47(48)51(49)45-20-10-18-40(32-45)42-26-24-36-14-4-6-16-38(36)30-42/h1-34H. The van der Waals surface area contributed by atoms with Crippen molar-refractivity contribution in [1.82, 2.24) is 0 Å². The van der Waals surface area contributed by atoms with Crippen LogP contribution in [-0.2, 0) is 0 Å².